The highest BCUT2D eigenvalue weighted by Gasteiger charge is 2.50. The lowest BCUT2D eigenvalue weighted by atomic mass is 9.86. The Bertz CT molecular complexity index is 3060. The van der Waals surface area contributed by atoms with Gasteiger partial charge in [0.1, 0.15) is 35.7 Å². The fourth-order valence-electron chi connectivity index (χ4n) is 11.4. The molecule has 0 aromatic heterocycles. The lowest BCUT2D eigenvalue weighted by Gasteiger charge is -2.34. The Kier molecular flexibility index (Phi) is 24.7. The number of aromatic hydroxyl groups is 1. The number of carbonyl (C=O) groups is 7. The van der Waals surface area contributed by atoms with E-state index < -0.39 is 164 Å². The van der Waals surface area contributed by atoms with Gasteiger partial charge in [0.2, 0.25) is 29.5 Å². The van der Waals surface area contributed by atoms with Gasteiger partial charge in [-0.1, -0.05) is 93.4 Å². The van der Waals surface area contributed by atoms with E-state index in [1.807, 2.05) is 48.5 Å². The number of aliphatic hydroxyl groups is 7. The Morgan fingerprint density at radius 1 is 0.697 bits per heavy atom. The predicted molar refractivity (Wildman–Crippen MR) is 324 cm³/mol. The first-order valence-electron chi connectivity index (χ1n) is 30.2. The number of unbranched alkanes of at least 4 members (excludes halogenated alkanes) is 2. The molecule has 0 spiro atoms. The molecule has 0 saturated carbocycles. The van der Waals surface area contributed by atoms with E-state index in [9.17, 15) is 74.4 Å². The molecule has 4 aromatic carbocycles. The van der Waals surface area contributed by atoms with E-state index in [0.717, 1.165) is 83.0 Å². The van der Waals surface area contributed by atoms with Gasteiger partial charge in [0.15, 0.2) is 17.8 Å². The minimum absolute atomic E-state index is 0.0951. The van der Waals surface area contributed by atoms with Crippen LogP contribution in [0.2, 0.25) is 0 Å². The van der Waals surface area contributed by atoms with Gasteiger partial charge in [-0.2, -0.15) is 0 Å². The van der Waals surface area contributed by atoms with Crippen molar-refractivity contribution in [3.63, 3.8) is 0 Å². The van der Waals surface area contributed by atoms with E-state index in [4.69, 9.17) is 25.7 Å². The van der Waals surface area contributed by atoms with Crippen LogP contribution in [0.5, 0.6) is 11.5 Å². The Balaban J connectivity index is 1.23. The first kappa shape index (κ1) is 69.1. The Labute approximate surface area is 516 Å². The Morgan fingerprint density at radius 2 is 1.28 bits per heavy atom. The number of nitrogens with one attached hydrogen (secondary N) is 3. The van der Waals surface area contributed by atoms with Crippen LogP contribution >= 0.6 is 0 Å². The van der Waals surface area contributed by atoms with Gasteiger partial charge in [-0.25, -0.2) is 0 Å². The maximum Gasteiger partial charge on any atom is 0.248 e. The number of anilines is 1. The zero-order chi connectivity index (χ0) is 64.8. The third-order valence-corrected chi connectivity index (χ3v) is 16.6. The van der Waals surface area contributed by atoms with Crippen molar-refractivity contribution < 1.29 is 88.6 Å². The van der Waals surface area contributed by atoms with Crippen LogP contribution in [-0.4, -0.2) is 205 Å². The van der Waals surface area contributed by atoms with Gasteiger partial charge in [0, 0.05) is 56.3 Å². The third kappa shape index (κ3) is 17.5. The fourth-order valence-corrected chi connectivity index (χ4v) is 11.4. The number of benzene rings is 4. The summed E-state index contributed by atoms with van der Waals surface area (Å²) in [6.07, 6.45) is -14.1. The number of phenols is 1. The fraction of sp³-hybridized carbons (Fsp3) is 0.516. The van der Waals surface area contributed by atoms with Gasteiger partial charge in [-0.15, -0.1) is 0 Å². The molecule has 7 rings (SSSR count). The number of ketones is 2. The number of amides is 5. The molecule has 3 heterocycles. The van der Waals surface area contributed by atoms with E-state index in [2.05, 4.69) is 22.9 Å². The maximum atomic E-state index is 14.8. The van der Waals surface area contributed by atoms with Gasteiger partial charge in [0.25, 0.3) is 0 Å². The molecular weight excluding hydrogens is 1150 g/mol. The number of hydrogen-bond donors (Lipinski definition) is 13. The van der Waals surface area contributed by atoms with E-state index in [1.165, 1.54) is 13.0 Å². The number of fused-ring (bicyclic) bond motifs is 2. The summed E-state index contributed by atoms with van der Waals surface area (Å²) in [7, 11) is 0. The average Bonchev–Trinajstić information content (AvgIpc) is 2.04. The summed E-state index contributed by atoms with van der Waals surface area (Å²) in [4.78, 5) is 104. The second kappa shape index (κ2) is 31.8. The van der Waals surface area contributed by atoms with Crippen LogP contribution in [0.25, 0.3) is 22.3 Å². The number of phenolic OH excluding ortho intramolecular Hbond substituents is 1. The number of nitrogens with two attached hydrogens (primary N) is 2. The average molecular weight is 1240 g/mol. The monoisotopic (exact) mass is 1240 g/mol. The van der Waals surface area contributed by atoms with Crippen molar-refractivity contribution in [1.82, 2.24) is 25.8 Å². The van der Waals surface area contributed by atoms with Gasteiger partial charge < -0.3 is 92.3 Å². The van der Waals surface area contributed by atoms with Gasteiger partial charge in [-0.05, 0) is 78.8 Å². The number of nitrogens with zero attached hydrogens (tertiary/aromatic N) is 2. The summed E-state index contributed by atoms with van der Waals surface area (Å²) in [6, 6.07) is 18.2. The molecule has 0 bridgehead atoms. The molecule has 4 unspecified atom stereocenters. The van der Waals surface area contributed by atoms with E-state index in [1.54, 1.807) is 24.3 Å². The van der Waals surface area contributed by atoms with Crippen molar-refractivity contribution in [3.8, 4) is 33.8 Å². The van der Waals surface area contributed by atoms with Crippen LogP contribution in [0.3, 0.4) is 0 Å². The number of ether oxygens (including phenoxy) is 3. The number of Topliss-reactive ketones (excluding diaryl/α,β-unsaturated/α-hetero) is 2. The van der Waals surface area contributed by atoms with Crippen LogP contribution < -0.4 is 32.2 Å². The van der Waals surface area contributed by atoms with Crippen LogP contribution in [0, 0.1) is 17.8 Å². The van der Waals surface area contributed by atoms with Gasteiger partial charge in [0.05, 0.1) is 80.7 Å². The predicted octanol–water partition coefficient (Wildman–Crippen LogP) is 0.836. The molecule has 25 heteroatoms. The normalized spacial score (nSPS) is 26.4. The lowest BCUT2D eigenvalue weighted by molar-refractivity contribution is -0.150. The van der Waals surface area contributed by atoms with Gasteiger partial charge in [-0.3, -0.25) is 33.6 Å². The number of hydrogen-bond acceptors (Lipinski definition) is 20. The molecule has 15 N–H and O–H groups in total. The summed E-state index contributed by atoms with van der Waals surface area (Å²) < 4.78 is 17.3. The topological polar surface area (TPSA) is 404 Å². The molecule has 0 radical (unpaired) electrons. The SMILES string of the molecule is CCCCCOc1ccc(-c2ccc(-c3ccc(C(=O)C[C@H]4C[C@@H](O)[C@@H](OCCOCCN)NC(=O)C5C(O)[C@@H](C)CN5C(=O)[C@H]([C@@H](C)O)NC(=O)C(C(O)[C@@H](O)c5ccc(O)c(N)c5)CC(=O)[C@@H]5C[C@@H](O)CN5C(=O)[C@H]([C@@H](C)O)NC4=O)cc3)cc2)cc1. The van der Waals surface area contributed by atoms with Crippen LogP contribution in [0.4, 0.5) is 5.69 Å². The molecule has 89 heavy (non-hydrogen) atoms. The van der Waals surface area contributed by atoms with Crippen molar-refractivity contribution in [1.29, 1.82) is 0 Å². The number of nitrogen functional groups attached to an aromatic ring is 1. The van der Waals surface area contributed by atoms with E-state index in [-0.39, 0.29) is 55.5 Å². The molecule has 3 aliphatic rings. The zero-order valence-corrected chi connectivity index (χ0v) is 50.4. The van der Waals surface area contributed by atoms with Crippen molar-refractivity contribution in [2.75, 3.05) is 51.8 Å². The number of rotatable bonds is 21. The molecule has 3 saturated heterocycles. The molecule has 4 aromatic rings. The second-order valence-electron chi connectivity index (χ2n) is 23.3. The van der Waals surface area contributed by atoms with Crippen molar-refractivity contribution in [3.05, 3.63) is 102 Å². The molecular formula is C64H85N7O18. The number of carbonyl (C=O) groups excluding carboxylic acids is 7. The molecule has 5 amide bonds. The Hall–Kier alpha value is -7.43. The van der Waals surface area contributed by atoms with Gasteiger partial charge >= 0.3 is 0 Å². The highest BCUT2D eigenvalue weighted by atomic mass is 16.5. The quantitative estimate of drug-likeness (QED) is 0.0238. The van der Waals surface area contributed by atoms with E-state index >= 15 is 0 Å². The minimum atomic E-state index is -2.24. The van der Waals surface area contributed by atoms with Crippen LogP contribution in [-0.2, 0) is 38.2 Å². The van der Waals surface area contributed by atoms with Crippen molar-refractivity contribution >= 4 is 46.8 Å². The first-order valence-corrected chi connectivity index (χ1v) is 30.2. The summed E-state index contributed by atoms with van der Waals surface area (Å²) in [5.41, 5.74) is 14.8. The number of aliphatic hydroxyl groups excluding tert-OH is 7. The molecule has 15 atom stereocenters. The minimum Gasteiger partial charge on any atom is -0.506 e. The first-order chi connectivity index (χ1) is 42.4. The summed E-state index contributed by atoms with van der Waals surface area (Å²) in [6.45, 7) is 5.45. The molecule has 3 aliphatic heterocycles. The standard InChI is InChI=1S/C64H85N7O18/c1-5-6-7-23-88-45-19-16-40(17-20-45)38-10-8-37(9-11-38)39-12-14-41(15-13-39)50(76)28-43-29-52(78)62(89-26-25-87-24-22-65)69-61(84)55-56(79)34(2)32-71(55)64(86)54(36(4)73)68-60(83)46(58(81)57(80)42-18-21-49(75)47(66)27-42)31-51(77)48-30-44(74)33-70(48)63(85)53(35(3)72)67-59(43)82/h8-21,27,34-36,43-44,46,48,52-58,62,72-75,78-81H,5-7,22-26,28-33,65-66H2,1-4H3,(H,67,82)(H,68,83)(H,69,84)/t34-,35+,36+,43-,44+,46?,48-,52+,53-,54-,55?,56?,57-,58?,62+/m0/s1. The van der Waals surface area contributed by atoms with E-state index in [0.29, 0.717) is 6.61 Å². The summed E-state index contributed by atoms with van der Waals surface area (Å²) in [5.74, 6) is -11.4. The molecule has 0 aliphatic carbocycles. The lowest BCUT2D eigenvalue weighted by Crippen LogP contribution is -2.61. The molecule has 25 nitrogen and oxygen atoms in total. The largest absolute Gasteiger partial charge is 0.506 e. The van der Waals surface area contributed by atoms with Crippen LogP contribution in [0.1, 0.15) is 94.7 Å². The maximum absolute atomic E-state index is 14.8. The highest BCUT2D eigenvalue weighted by Crippen LogP contribution is 2.34. The third-order valence-electron chi connectivity index (χ3n) is 16.6. The second-order valence-corrected chi connectivity index (χ2v) is 23.3. The van der Waals surface area contributed by atoms with Crippen molar-refractivity contribution in [2.45, 2.75) is 146 Å². The summed E-state index contributed by atoms with van der Waals surface area (Å²) in [5, 5.41) is 98.1. The van der Waals surface area contributed by atoms with Crippen molar-refractivity contribution in [2.24, 2.45) is 23.5 Å². The molecule has 484 valence electrons. The Morgan fingerprint density at radius 3 is 1.87 bits per heavy atom. The zero-order valence-electron chi connectivity index (χ0n) is 50.4. The van der Waals surface area contributed by atoms with Crippen LogP contribution in [0.15, 0.2) is 91.0 Å². The molecule has 3 fully saturated rings. The highest BCUT2D eigenvalue weighted by molar-refractivity contribution is 6.01. The smallest absolute Gasteiger partial charge is 0.248 e. The summed E-state index contributed by atoms with van der Waals surface area (Å²) >= 11 is 0.